The number of rotatable bonds is 4. The number of hydrogen-bond acceptors (Lipinski definition) is 3. The second kappa shape index (κ2) is 4.62. The molecule has 0 amide bonds. The molecule has 0 aliphatic rings. The second-order valence-electron chi connectivity index (χ2n) is 2.86. The predicted octanol–water partition coefficient (Wildman–Crippen LogP) is 0.967. The molecular formula is C10H13NO2. The number of aromatic hydroxyl groups is 1. The Kier molecular flexibility index (Phi) is 3.46. The van der Waals surface area contributed by atoms with Gasteiger partial charge in [-0.05, 0) is 37.7 Å². The van der Waals surface area contributed by atoms with Gasteiger partial charge in [0.2, 0.25) is 0 Å². The van der Waals surface area contributed by atoms with Crippen molar-refractivity contribution in [1.82, 2.24) is 5.32 Å². The summed E-state index contributed by atoms with van der Waals surface area (Å²) in [4.78, 5) is 10.4. The fourth-order valence-corrected chi connectivity index (χ4v) is 1.11. The van der Waals surface area contributed by atoms with Crippen molar-refractivity contribution in [1.29, 1.82) is 0 Å². The van der Waals surface area contributed by atoms with Crippen LogP contribution in [0.4, 0.5) is 0 Å². The Labute approximate surface area is 77.4 Å². The molecule has 0 bridgehead atoms. The number of hydrogen-bond donors (Lipinski definition) is 2. The summed E-state index contributed by atoms with van der Waals surface area (Å²) >= 11 is 0. The van der Waals surface area contributed by atoms with Crippen LogP contribution in [0.5, 0.6) is 5.75 Å². The predicted molar refractivity (Wildman–Crippen MR) is 51.1 cm³/mol. The van der Waals surface area contributed by atoms with Crippen molar-refractivity contribution in [2.24, 2.45) is 0 Å². The number of nitrogens with one attached hydrogen (secondary N) is 1. The first-order valence-electron chi connectivity index (χ1n) is 4.19. The van der Waals surface area contributed by atoms with Crippen molar-refractivity contribution in [2.45, 2.75) is 6.42 Å². The smallest absolute Gasteiger partial charge is 0.153 e. The van der Waals surface area contributed by atoms with Gasteiger partial charge in [-0.1, -0.05) is 6.07 Å². The number of phenols is 1. The summed E-state index contributed by atoms with van der Waals surface area (Å²) in [5.74, 6) is 0.0589. The fourth-order valence-electron chi connectivity index (χ4n) is 1.11. The summed E-state index contributed by atoms with van der Waals surface area (Å²) in [6, 6.07) is 5.11. The Bertz CT molecular complexity index is 297. The molecule has 0 unspecified atom stereocenters. The fraction of sp³-hybridized carbons (Fsp3) is 0.300. The molecule has 0 fully saturated rings. The summed E-state index contributed by atoms with van der Waals surface area (Å²) in [7, 11) is 1.87. The minimum atomic E-state index is 0.0589. The van der Waals surface area contributed by atoms with Crippen LogP contribution in [0.1, 0.15) is 15.9 Å². The highest BCUT2D eigenvalue weighted by Crippen LogP contribution is 2.16. The van der Waals surface area contributed by atoms with E-state index in [2.05, 4.69) is 5.32 Å². The number of likely N-dealkylation sites (N-methyl/N-ethyl adjacent to an activating group) is 1. The maximum Gasteiger partial charge on any atom is 0.153 e. The zero-order valence-electron chi connectivity index (χ0n) is 7.58. The van der Waals surface area contributed by atoms with Gasteiger partial charge < -0.3 is 10.4 Å². The number of phenolic OH excluding ortho intramolecular Hbond substituents is 1. The molecule has 70 valence electrons. The molecule has 0 aliphatic heterocycles. The summed E-state index contributed by atoms with van der Waals surface area (Å²) in [6.45, 7) is 0.861. The first-order chi connectivity index (χ1) is 6.27. The largest absolute Gasteiger partial charge is 0.507 e. The van der Waals surface area contributed by atoms with Crippen LogP contribution in [0.2, 0.25) is 0 Å². The van der Waals surface area contributed by atoms with Gasteiger partial charge in [-0.2, -0.15) is 0 Å². The van der Waals surface area contributed by atoms with E-state index in [1.165, 1.54) is 0 Å². The minimum Gasteiger partial charge on any atom is -0.507 e. The summed E-state index contributed by atoms with van der Waals surface area (Å²) in [6.07, 6.45) is 1.50. The molecule has 13 heavy (non-hydrogen) atoms. The average molecular weight is 179 g/mol. The normalized spacial score (nSPS) is 9.92. The van der Waals surface area contributed by atoms with E-state index < -0.39 is 0 Å². The summed E-state index contributed by atoms with van der Waals surface area (Å²) in [5.41, 5.74) is 1.37. The molecule has 0 atom stereocenters. The van der Waals surface area contributed by atoms with E-state index in [4.69, 9.17) is 0 Å². The third kappa shape index (κ3) is 2.56. The Morgan fingerprint density at radius 1 is 1.54 bits per heavy atom. The lowest BCUT2D eigenvalue weighted by atomic mass is 10.1. The van der Waals surface area contributed by atoms with Crippen LogP contribution < -0.4 is 5.32 Å². The van der Waals surface area contributed by atoms with E-state index in [0.29, 0.717) is 11.8 Å². The molecule has 1 aromatic carbocycles. The Morgan fingerprint density at radius 3 is 2.85 bits per heavy atom. The van der Waals surface area contributed by atoms with Gasteiger partial charge in [-0.3, -0.25) is 4.79 Å². The van der Waals surface area contributed by atoms with Crippen LogP contribution in [0.3, 0.4) is 0 Å². The van der Waals surface area contributed by atoms with E-state index in [0.717, 1.165) is 18.5 Å². The van der Waals surface area contributed by atoms with Gasteiger partial charge in [-0.15, -0.1) is 0 Å². The Balaban J connectivity index is 2.77. The molecule has 3 nitrogen and oxygen atoms in total. The molecule has 3 heteroatoms. The number of carbonyl (C=O) groups is 1. The van der Waals surface area contributed by atoms with Crippen LogP contribution in [0.15, 0.2) is 18.2 Å². The molecule has 0 aliphatic carbocycles. The van der Waals surface area contributed by atoms with Crippen molar-refractivity contribution < 1.29 is 9.90 Å². The number of benzene rings is 1. The first-order valence-corrected chi connectivity index (χ1v) is 4.19. The van der Waals surface area contributed by atoms with Crippen LogP contribution in [-0.2, 0) is 6.42 Å². The zero-order valence-corrected chi connectivity index (χ0v) is 7.58. The SMILES string of the molecule is CNCCc1ccc(C=O)c(O)c1. The van der Waals surface area contributed by atoms with Gasteiger partial charge in [0.1, 0.15) is 5.75 Å². The molecular weight excluding hydrogens is 166 g/mol. The number of carbonyl (C=O) groups excluding carboxylic acids is 1. The van der Waals surface area contributed by atoms with Crippen molar-refractivity contribution in [2.75, 3.05) is 13.6 Å². The van der Waals surface area contributed by atoms with Gasteiger partial charge in [0.05, 0.1) is 5.56 Å². The van der Waals surface area contributed by atoms with Gasteiger partial charge in [0.25, 0.3) is 0 Å². The molecule has 0 saturated heterocycles. The van der Waals surface area contributed by atoms with Crippen LogP contribution in [-0.4, -0.2) is 25.0 Å². The lowest BCUT2D eigenvalue weighted by Gasteiger charge is -2.02. The van der Waals surface area contributed by atoms with Crippen molar-refractivity contribution >= 4 is 6.29 Å². The highest BCUT2D eigenvalue weighted by atomic mass is 16.3. The summed E-state index contributed by atoms with van der Waals surface area (Å²) in [5, 5.41) is 12.4. The third-order valence-electron chi connectivity index (χ3n) is 1.89. The Hall–Kier alpha value is -1.35. The highest BCUT2D eigenvalue weighted by molar-refractivity contribution is 5.79. The molecule has 0 saturated carbocycles. The number of aldehydes is 1. The van der Waals surface area contributed by atoms with E-state index in [9.17, 15) is 9.90 Å². The molecule has 1 aromatic rings. The van der Waals surface area contributed by atoms with Gasteiger partial charge >= 0.3 is 0 Å². The average Bonchev–Trinajstić information content (AvgIpc) is 2.15. The maximum atomic E-state index is 10.4. The topological polar surface area (TPSA) is 49.3 Å². The monoisotopic (exact) mass is 179 g/mol. The highest BCUT2D eigenvalue weighted by Gasteiger charge is 2.00. The zero-order chi connectivity index (χ0) is 9.68. The minimum absolute atomic E-state index is 0.0589. The van der Waals surface area contributed by atoms with E-state index in [1.807, 2.05) is 13.1 Å². The van der Waals surface area contributed by atoms with E-state index >= 15 is 0 Å². The maximum absolute atomic E-state index is 10.4. The van der Waals surface area contributed by atoms with E-state index in [1.54, 1.807) is 12.1 Å². The second-order valence-corrected chi connectivity index (χ2v) is 2.86. The molecule has 0 spiro atoms. The molecule has 1 rings (SSSR count). The third-order valence-corrected chi connectivity index (χ3v) is 1.89. The quantitative estimate of drug-likeness (QED) is 0.677. The lowest BCUT2D eigenvalue weighted by Crippen LogP contribution is -2.10. The van der Waals surface area contributed by atoms with Crippen LogP contribution in [0.25, 0.3) is 0 Å². The Morgan fingerprint density at radius 2 is 2.31 bits per heavy atom. The van der Waals surface area contributed by atoms with Crippen molar-refractivity contribution in [3.05, 3.63) is 29.3 Å². The van der Waals surface area contributed by atoms with Gasteiger partial charge in [-0.25, -0.2) is 0 Å². The van der Waals surface area contributed by atoms with E-state index in [-0.39, 0.29) is 5.75 Å². The molecule has 0 aromatic heterocycles. The molecule has 0 radical (unpaired) electrons. The van der Waals surface area contributed by atoms with Gasteiger partial charge in [0, 0.05) is 0 Å². The lowest BCUT2D eigenvalue weighted by molar-refractivity contribution is 0.112. The van der Waals surface area contributed by atoms with Crippen molar-refractivity contribution in [3.63, 3.8) is 0 Å². The molecule has 2 N–H and O–H groups in total. The standard InChI is InChI=1S/C10H13NO2/c1-11-5-4-8-2-3-9(7-12)10(13)6-8/h2-3,6-7,11,13H,4-5H2,1H3. The van der Waals surface area contributed by atoms with Crippen LogP contribution >= 0.6 is 0 Å². The van der Waals surface area contributed by atoms with Crippen LogP contribution in [0, 0.1) is 0 Å². The van der Waals surface area contributed by atoms with Crippen molar-refractivity contribution in [3.8, 4) is 5.75 Å². The summed E-state index contributed by atoms with van der Waals surface area (Å²) < 4.78 is 0. The molecule has 0 heterocycles. The van der Waals surface area contributed by atoms with Gasteiger partial charge in [0.15, 0.2) is 6.29 Å². The first kappa shape index (κ1) is 9.74.